The monoisotopic (exact) mass is 460 g/mol. The van der Waals surface area contributed by atoms with Crippen LogP contribution < -0.4 is 9.47 Å². The Balaban J connectivity index is 1.53. The predicted octanol–water partition coefficient (Wildman–Crippen LogP) is 4.56. The van der Waals surface area contributed by atoms with Crippen molar-refractivity contribution in [3.63, 3.8) is 0 Å². The first-order valence-electron chi connectivity index (χ1n) is 11.2. The molecule has 0 saturated heterocycles. The highest BCUT2D eigenvalue weighted by Crippen LogP contribution is 2.41. The van der Waals surface area contributed by atoms with Crippen LogP contribution >= 0.6 is 0 Å². The Morgan fingerprint density at radius 3 is 2.32 bits per heavy atom. The van der Waals surface area contributed by atoms with Gasteiger partial charge in [-0.15, -0.1) is 0 Å². The largest absolute Gasteiger partial charge is 0.496 e. The second kappa shape index (κ2) is 9.69. The van der Waals surface area contributed by atoms with Crippen molar-refractivity contribution in [3.05, 3.63) is 94.5 Å². The van der Waals surface area contributed by atoms with Crippen LogP contribution in [0.4, 0.5) is 0 Å². The number of carboxylic acid groups (broad SMARTS) is 1. The third kappa shape index (κ3) is 4.82. The predicted molar refractivity (Wildman–Crippen MR) is 127 cm³/mol. The lowest BCUT2D eigenvalue weighted by Gasteiger charge is -2.23. The fraction of sp³-hybridized carbons (Fsp3) is 0.286. The van der Waals surface area contributed by atoms with Crippen molar-refractivity contribution in [2.24, 2.45) is 5.41 Å². The summed E-state index contributed by atoms with van der Waals surface area (Å²) >= 11 is 0. The van der Waals surface area contributed by atoms with Crippen LogP contribution in [0.15, 0.2) is 66.7 Å². The van der Waals surface area contributed by atoms with E-state index in [1.807, 2.05) is 55.5 Å². The van der Waals surface area contributed by atoms with Crippen LogP contribution in [0.3, 0.4) is 0 Å². The SMILES string of the molecule is COc1ccc(C(=O)CC2(C(=O)O)Cc3ccccc3C2)cc1C(O)COc1cccc(C)c1. The summed E-state index contributed by atoms with van der Waals surface area (Å²) in [6, 6.07) is 19.9. The van der Waals surface area contributed by atoms with Crippen LogP contribution in [-0.4, -0.2) is 35.7 Å². The first-order chi connectivity index (χ1) is 16.3. The van der Waals surface area contributed by atoms with Crippen LogP contribution in [0.5, 0.6) is 11.5 Å². The summed E-state index contributed by atoms with van der Waals surface area (Å²) in [7, 11) is 1.49. The topological polar surface area (TPSA) is 93.1 Å². The van der Waals surface area contributed by atoms with Gasteiger partial charge in [0.15, 0.2) is 5.78 Å². The Labute approximate surface area is 198 Å². The zero-order valence-corrected chi connectivity index (χ0v) is 19.3. The van der Waals surface area contributed by atoms with Crippen LogP contribution in [0.2, 0.25) is 0 Å². The second-order valence-corrected chi connectivity index (χ2v) is 8.91. The smallest absolute Gasteiger partial charge is 0.310 e. The average molecular weight is 461 g/mol. The fourth-order valence-corrected chi connectivity index (χ4v) is 4.59. The van der Waals surface area contributed by atoms with Gasteiger partial charge in [-0.2, -0.15) is 0 Å². The minimum Gasteiger partial charge on any atom is -0.496 e. The lowest BCUT2D eigenvalue weighted by molar-refractivity contribution is -0.148. The molecule has 3 aromatic rings. The van der Waals surface area contributed by atoms with Gasteiger partial charge in [0.25, 0.3) is 0 Å². The summed E-state index contributed by atoms with van der Waals surface area (Å²) in [4.78, 5) is 25.5. The minimum atomic E-state index is -1.17. The molecule has 0 fully saturated rings. The van der Waals surface area contributed by atoms with E-state index in [0.717, 1.165) is 16.7 Å². The van der Waals surface area contributed by atoms with Gasteiger partial charge in [0.2, 0.25) is 0 Å². The molecule has 0 aromatic heterocycles. The Morgan fingerprint density at radius 1 is 1.00 bits per heavy atom. The number of carbonyl (C=O) groups excluding carboxylic acids is 1. The summed E-state index contributed by atoms with van der Waals surface area (Å²) < 4.78 is 11.1. The van der Waals surface area contributed by atoms with Crippen LogP contribution in [0.25, 0.3) is 0 Å². The standard InChI is InChI=1S/C28H28O6/c1-18-6-5-9-22(12-18)34-17-25(30)23-13-19(10-11-26(23)33-2)24(29)16-28(27(31)32)14-20-7-3-4-8-21(20)15-28/h3-13,25,30H,14-17H2,1-2H3,(H,31,32). The van der Waals surface area contributed by atoms with Gasteiger partial charge in [-0.25, -0.2) is 0 Å². The quantitative estimate of drug-likeness (QED) is 0.455. The van der Waals surface area contributed by atoms with E-state index in [0.29, 0.717) is 35.5 Å². The van der Waals surface area contributed by atoms with E-state index in [2.05, 4.69) is 0 Å². The number of aliphatic hydroxyl groups excluding tert-OH is 1. The Bertz CT molecular complexity index is 1190. The zero-order valence-electron chi connectivity index (χ0n) is 19.3. The highest BCUT2D eigenvalue weighted by molar-refractivity contribution is 5.99. The number of ketones is 1. The minimum absolute atomic E-state index is 0.0220. The van der Waals surface area contributed by atoms with Gasteiger partial charge in [0.1, 0.15) is 24.2 Å². The molecule has 0 radical (unpaired) electrons. The molecule has 0 heterocycles. The Hall–Kier alpha value is -3.64. The van der Waals surface area contributed by atoms with Crippen LogP contribution in [0, 0.1) is 12.3 Å². The van der Waals surface area contributed by atoms with Crippen molar-refractivity contribution in [2.45, 2.75) is 32.3 Å². The number of carboxylic acids is 1. The van der Waals surface area contributed by atoms with Crippen LogP contribution in [-0.2, 0) is 17.6 Å². The van der Waals surface area contributed by atoms with Gasteiger partial charge in [-0.05, 0) is 66.8 Å². The molecule has 0 bridgehead atoms. The number of Topliss-reactive ketones (excluding diaryl/α,β-unsaturated/α-hetero) is 1. The first-order valence-corrected chi connectivity index (χ1v) is 11.2. The molecule has 3 aromatic carbocycles. The number of hydrogen-bond acceptors (Lipinski definition) is 5. The molecule has 6 nitrogen and oxygen atoms in total. The van der Waals surface area contributed by atoms with Gasteiger partial charge in [-0.1, -0.05) is 36.4 Å². The maximum Gasteiger partial charge on any atom is 0.310 e. The highest BCUT2D eigenvalue weighted by Gasteiger charge is 2.45. The third-order valence-electron chi connectivity index (χ3n) is 6.44. The maximum atomic E-state index is 13.2. The van der Waals surface area contributed by atoms with Crippen LogP contribution in [0.1, 0.15) is 45.1 Å². The van der Waals surface area contributed by atoms with Gasteiger partial charge in [0.05, 0.1) is 12.5 Å². The maximum absolute atomic E-state index is 13.2. The number of benzene rings is 3. The number of aryl methyl sites for hydroxylation is 1. The van der Waals surface area contributed by atoms with E-state index in [4.69, 9.17) is 9.47 Å². The summed E-state index contributed by atoms with van der Waals surface area (Å²) in [6.45, 7) is 1.93. The number of carbonyl (C=O) groups is 2. The van der Waals surface area contributed by atoms with Gasteiger partial charge in [-0.3, -0.25) is 9.59 Å². The molecule has 1 aliphatic rings. The van der Waals surface area contributed by atoms with Gasteiger partial charge < -0.3 is 19.7 Å². The number of fused-ring (bicyclic) bond motifs is 1. The summed E-state index contributed by atoms with van der Waals surface area (Å²) in [5.74, 6) is -0.198. The molecule has 4 rings (SSSR count). The Kier molecular flexibility index (Phi) is 6.70. The number of methoxy groups -OCH3 is 1. The highest BCUT2D eigenvalue weighted by atomic mass is 16.5. The molecular weight excluding hydrogens is 432 g/mol. The lowest BCUT2D eigenvalue weighted by Crippen LogP contribution is -2.34. The van der Waals surface area contributed by atoms with Crippen molar-refractivity contribution >= 4 is 11.8 Å². The summed E-state index contributed by atoms with van der Waals surface area (Å²) in [5, 5.41) is 20.8. The normalized spacial score (nSPS) is 14.8. The molecule has 0 aliphatic heterocycles. The van der Waals surface area contributed by atoms with E-state index in [9.17, 15) is 19.8 Å². The number of aliphatic carboxylic acids is 1. The van der Waals surface area contributed by atoms with Crippen molar-refractivity contribution in [2.75, 3.05) is 13.7 Å². The van der Waals surface area contributed by atoms with Crippen molar-refractivity contribution in [1.29, 1.82) is 0 Å². The fourth-order valence-electron chi connectivity index (χ4n) is 4.59. The molecule has 1 aliphatic carbocycles. The number of aliphatic hydroxyl groups is 1. The molecule has 0 amide bonds. The summed E-state index contributed by atoms with van der Waals surface area (Å²) in [6.07, 6.45) is -0.522. The molecule has 2 N–H and O–H groups in total. The van der Waals surface area contributed by atoms with E-state index in [1.54, 1.807) is 18.2 Å². The van der Waals surface area contributed by atoms with Gasteiger partial charge >= 0.3 is 5.97 Å². The Morgan fingerprint density at radius 2 is 1.71 bits per heavy atom. The first kappa shape index (κ1) is 23.5. The molecule has 176 valence electrons. The second-order valence-electron chi connectivity index (χ2n) is 8.91. The third-order valence-corrected chi connectivity index (χ3v) is 6.44. The van der Waals surface area contributed by atoms with Crippen molar-refractivity contribution < 1.29 is 29.3 Å². The van der Waals surface area contributed by atoms with E-state index in [1.165, 1.54) is 7.11 Å². The van der Waals surface area contributed by atoms with Crippen molar-refractivity contribution in [1.82, 2.24) is 0 Å². The zero-order chi connectivity index (χ0) is 24.3. The number of rotatable bonds is 9. The molecule has 1 atom stereocenters. The van der Waals surface area contributed by atoms with E-state index in [-0.39, 0.29) is 18.8 Å². The lowest BCUT2D eigenvalue weighted by atomic mass is 9.78. The molecule has 0 spiro atoms. The van der Waals surface area contributed by atoms with Gasteiger partial charge in [0, 0.05) is 17.5 Å². The summed E-state index contributed by atoms with van der Waals surface area (Å²) in [5.41, 5.74) is 2.56. The number of hydrogen-bond donors (Lipinski definition) is 2. The molecular formula is C28H28O6. The molecule has 0 saturated carbocycles. The van der Waals surface area contributed by atoms with E-state index >= 15 is 0 Å². The molecule has 34 heavy (non-hydrogen) atoms. The molecule has 6 heteroatoms. The number of ether oxygens (including phenoxy) is 2. The molecule has 1 unspecified atom stereocenters. The van der Waals surface area contributed by atoms with Crippen molar-refractivity contribution in [3.8, 4) is 11.5 Å². The average Bonchev–Trinajstić information content (AvgIpc) is 3.21. The van der Waals surface area contributed by atoms with E-state index < -0.39 is 17.5 Å².